The van der Waals surface area contributed by atoms with Gasteiger partial charge in [0, 0.05) is 11.6 Å². The smallest absolute Gasteiger partial charge is 0.122 e. The van der Waals surface area contributed by atoms with Crippen LogP contribution in [0.25, 0.3) is 0 Å². The van der Waals surface area contributed by atoms with Gasteiger partial charge in [-0.05, 0) is 37.1 Å². The van der Waals surface area contributed by atoms with E-state index in [9.17, 15) is 0 Å². The number of hydrogen-bond donors (Lipinski definition) is 1. The van der Waals surface area contributed by atoms with Crippen molar-refractivity contribution >= 4 is 0 Å². The Balaban J connectivity index is 2.14. The molecule has 2 N–H and O–H groups in total. The second-order valence-electron chi connectivity index (χ2n) is 4.87. The van der Waals surface area contributed by atoms with Crippen molar-refractivity contribution in [2.75, 3.05) is 0 Å². The van der Waals surface area contributed by atoms with Crippen LogP contribution in [0.4, 0.5) is 0 Å². The second-order valence-corrected chi connectivity index (χ2v) is 4.87. The number of ether oxygens (including phenoxy) is 1. The molecule has 3 nitrogen and oxygen atoms in total. The molecule has 2 rings (SSSR count). The van der Waals surface area contributed by atoms with Gasteiger partial charge < -0.3 is 10.5 Å². The molecule has 3 heteroatoms. The summed E-state index contributed by atoms with van der Waals surface area (Å²) < 4.78 is 5.81. The van der Waals surface area contributed by atoms with E-state index in [-0.39, 0.29) is 6.04 Å². The minimum absolute atomic E-state index is 0.0158. The predicted octanol–water partition coefficient (Wildman–Crippen LogP) is 3.47. The molecule has 0 aliphatic rings. The molecule has 0 aromatic heterocycles. The van der Waals surface area contributed by atoms with E-state index in [0.717, 1.165) is 22.4 Å². The highest BCUT2D eigenvalue weighted by molar-refractivity contribution is 5.39. The average Bonchev–Trinajstić information content (AvgIpc) is 2.46. The van der Waals surface area contributed by atoms with Crippen molar-refractivity contribution in [3.05, 3.63) is 64.7 Å². The van der Waals surface area contributed by atoms with Crippen molar-refractivity contribution in [1.29, 1.82) is 5.26 Å². The molecule has 0 heterocycles. The van der Waals surface area contributed by atoms with E-state index >= 15 is 0 Å². The van der Waals surface area contributed by atoms with E-state index in [1.165, 1.54) is 0 Å². The minimum Gasteiger partial charge on any atom is -0.489 e. The molecule has 0 bridgehead atoms. The van der Waals surface area contributed by atoms with E-state index < -0.39 is 0 Å². The lowest BCUT2D eigenvalue weighted by Gasteiger charge is -2.13. The van der Waals surface area contributed by atoms with Crippen LogP contribution in [0.15, 0.2) is 42.5 Å². The molecular formula is C17H18N2O. The molecule has 0 fully saturated rings. The van der Waals surface area contributed by atoms with Crippen LogP contribution in [0.3, 0.4) is 0 Å². The first-order valence-electron chi connectivity index (χ1n) is 6.58. The van der Waals surface area contributed by atoms with Gasteiger partial charge in [-0.25, -0.2) is 0 Å². The Morgan fingerprint density at radius 1 is 1.25 bits per heavy atom. The highest BCUT2D eigenvalue weighted by Gasteiger charge is 2.06. The zero-order valence-corrected chi connectivity index (χ0v) is 11.8. The third kappa shape index (κ3) is 3.17. The molecule has 0 saturated carbocycles. The van der Waals surface area contributed by atoms with Crippen LogP contribution in [-0.2, 0) is 6.61 Å². The third-order valence-electron chi connectivity index (χ3n) is 3.25. The summed E-state index contributed by atoms with van der Waals surface area (Å²) in [7, 11) is 0. The normalized spacial score (nSPS) is 11.7. The van der Waals surface area contributed by atoms with E-state index in [1.807, 2.05) is 50.2 Å². The lowest BCUT2D eigenvalue weighted by atomic mass is 10.1. The van der Waals surface area contributed by atoms with Crippen LogP contribution in [0, 0.1) is 18.3 Å². The fourth-order valence-corrected chi connectivity index (χ4v) is 2.03. The van der Waals surface area contributed by atoms with Gasteiger partial charge in [0.2, 0.25) is 0 Å². The van der Waals surface area contributed by atoms with Crippen molar-refractivity contribution < 1.29 is 4.74 Å². The summed E-state index contributed by atoms with van der Waals surface area (Å²) in [5, 5.41) is 9.05. The van der Waals surface area contributed by atoms with E-state index in [2.05, 4.69) is 6.07 Å². The maximum Gasteiger partial charge on any atom is 0.122 e. The maximum atomic E-state index is 9.05. The summed E-state index contributed by atoms with van der Waals surface area (Å²) in [6.45, 7) is 4.35. The molecule has 1 atom stereocenters. The molecule has 102 valence electrons. The Morgan fingerprint density at radius 2 is 2.00 bits per heavy atom. The van der Waals surface area contributed by atoms with Gasteiger partial charge in [-0.2, -0.15) is 5.26 Å². The first-order chi connectivity index (χ1) is 9.61. The van der Waals surface area contributed by atoms with Gasteiger partial charge in [-0.3, -0.25) is 0 Å². The second kappa shape index (κ2) is 6.23. The van der Waals surface area contributed by atoms with Crippen LogP contribution in [0.5, 0.6) is 5.75 Å². The fourth-order valence-electron chi connectivity index (χ4n) is 2.03. The fraction of sp³-hybridized carbons (Fsp3) is 0.235. The first kappa shape index (κ1) is 14.1. The van der Waals surface area contributed by atoms with Crippen LogP contribution >= 0.6 is 0 Å². The van der Waals surface area contributed by atoms with E-state index in [1.54, 1.807) is 6.07 Å². The quantitative estimate of drug-likeness (QED) is 0.921. The van der Waals surface area contributed by atoms with Gasteiger partial charge in [0.1, 0.15) is 12.4 Å². The summed E-state index contributed by atoms with van der Waals surface area (Å²) in [5.74, 6) is 0.821. The molecule has 0 radical (unpaired) electrons. The van der Waals surface area contributed by atoms with Crippen LogP contribution < -0.4 is 10.5 Å². The lowest BCUT2D eigenvalue weighted by Crippen LogP contribution is -2.06. The molecule has 1 unspecified atom stereocenters. The zero-order chi connectivity index (χ0) is 14.5. The predicted molar refractivity (Wildman–Crippen MR) is 79.3 cm³/mol. The minimum atomic E-state index is 0.0158. The van der Waals surface area contributed by atoms with Gasteiger partial charge in [-0.15, -0.1) is 0 Å². The van der Waals surface area contributed by atoms with Crippen LogP contribution in [0.1, 0.15) is 35.2 Å². The van der Waals surface area contributed by atoms with Gasteiger partial charge in [-0.1, -0.05) is 30.3 Å². The standard InChI is InChI=1S/C17H18N2O/c1-12-9-14(13(2)19)7-8-17(12)20-11-16-6-4-3-5-15(16)10-18/h3-9,13H,11,19H2,1-2H3. The van der Waals surface area contributed by atoms with Crippen molar-refractivity contribution in [2.24, 2.45) is 5.73 Å². The molecular weight excluding hydrogens is 248 g/mol. The Labute approximate surface area is 119 Å². The number of nitrogens with zero attached hydrogens (tertiary/aromatic N) is 1. The summed E-state index contributed by atoms with van der Waals surface area (Å²) in [4.78, 5) is 0. The molecule has 20 heavy (non-hydrogen) atoms. The molecule has 2 aromatic carbocycles. The van der Waals surface area contributed by atoms with Crippen molar-refractivity contribution in [1.82, 2.24) is 0 Å². The Morgan fingerprint density at radius 3 is 2.65 bits per heavy atom. The van der Waals surface area contributed by atoms with Crippen LogP contribution in [0.2, 0.25) is 0 Å². The molecule has 2 aromatic rings. The summed E-state index contributed by atoms with van der Waals surface area (Å²) >= 11 is 0. The number of aryl methyl sites for hydroxylation is 1. The number of rotatable bonds is 4. The largest absolute Gasteiger partial charge is 0.489 e. The van der Waals surface area contributed by atoms with E-state index in [0.29, 0.717) is 12.2 Å². The number of benzene rings is 2. The highest BCUT2D eigenvalue weighted by Crippen LogP contribution is 2.23. The summed E-state index contributed by atoms with van der Waals surface area (Å²) in [6, 6.07) is 15.6. The van der Waals surface area contributed by atoms with Crippen molar-refractivity contribution in [2.45, 2.75) is 26.5 Å². The first-order valence-corrected chi connectivity index (χ1v) is 6.58. The van der Waals surface area contributed by atoms with Crippen molar-refractivity contribution in [3.8, 4) is 11.8 Å². The summed E-state index contributed by atoms with van der Waals surface area (Å²) in [5.41, 5.74) is 9.54. The van der Waals surface area contributed by atoms with Gasteiger partial charge >= 0.3 is 0 Å². The lowest BCUT2D eigenvalue weighted by molar-refractivity contribution is 0.303. The monoisotopic (exact) mass is 266 g/mol. The third-order valence-corrected chi connectivity index (χ3v) is 3.25. The number of hydrogen-bond acceptors (Lipinski definition) is 3. The highest BCUT2D eigenvalue weighted by atomic mass is 16.5. The molecule has 0 aliphatic carbocycles. The average molecular weight is 266 g/mol. The molecule has 0 aliphatic heterocycles. The number of nitriles is 1. The van der Waals surface area contributed by atoms with E-state index in [4.69, 9.17) is 15.7 Å². The molecule has 0 spiro atoms. The SMILES string of the molecule is Cc1cc(C(C)N)ccc1OCc1ccccc1C#N. The van der Waals surface area contributed by atoms with Gasteiger partial charge in [0.25, 0.3) is 0 Å². The Bertz CT molecular complexity index is 642. The maximum absolute atomic E-state index is 9.05. The zero-order valence-electron chi connectivity index (χ0n) is 11.8. The van der Waals surface area contributed by atoms with Gasteiger partial charge in [0.05, 0.1) is 11.6 Å². The van der Waals surface area contributed by atoms with Gasteiger partial charge in [0.15, 0.2) is 0 Å². The van der Waals surface area contributed by atoms with Crippen molar-refractivity contribution in [3.63, 3.8) is 0 Å². The Kier molecular flexibility index (Phi) is 4.39. The number of nitrogens with two attached hydrogens (primary N) is 1. The molecule has 0 saturated heterocycles. The van der Waals surface area contributed by atoms with Crippen LogP contribution in [-0.4, -0.2) is 0 Å². The Hall–Kier alpha value is -2.31. The topological polar surface area (TPSA) is 59.0 Å². The summed E-state index contributed by atoms with van der Waals surface area (Å²) in [6.07, 6.45) is 0. The molecule has 0 amide bonds.